The molecule has 4 heteroatoms. The molecule has 0 spiro atoms. The van der Waals surface area contributed by atoms with E-state index in [2.05, 4.69) is 0 Å². The fourth-order valence-electron chi connectivity index (χ4n) is 2.66. The van der Waals surface area contributed by atoms with E-state index >= 15 is 0 Å². The molecule has 4 nitrogen and oxygen atoms in total. The summed E-state index contributed by atoms with van der Waals surface area (Å²) >= 11 is 0. The predicted octanol–water partition coefficient (Wildman–Crippen LogP) is 5.29. The largest absolute Gasteiger partial charge is 0.453 e. The summed E-state index contributed by atoms with van der Waals surface area (Å²) in [5.41, 5.74) is 6.81. The highest BCUT2D eigenvalue weighted by atomic mass is 16.5. The average molecular weight is 363 g/mol. The van der Waals surface area contributed by atoms with Crippen LogP contribution in [0.3, 0.4) is 0 Å². The molecule has 0 amide bonds. The molecule has 0 aliphatic carbocycles. The van der Waals surface area contributed by atoms with Crippen molar-refractivity contribution in [1.29, 1.82) is 0 Å². The first kappa shape index (κ1) is 19.0. The highest BCUT2D eigenvalue weighted by molar-refractivity contribution is 5.48. The molecule has 0 saturated heterocycles. The van der Waals surface area contributed by atoms with Crippen LogP contribution in [0.15, 0.2) is 78.9 Å². The van der Waals surface area contributed by atoms with Crippen molar-refractivity contribution < 1.29 is 14.6 Å². The number of para-hydroxylation sites is 2. The molecule has 140 valence electrons. The Kier molecular flexibility index (Phi) is 5.79. The second-order valence-electron chi connectivity index (χ2n) is 7.16. The summed E-state index contributed by atoms with van der Waals surface area (Å²) in [6, 6.07) is 24.4. The van der Waals surface area contributed by atoms with E-state index in [4.69, 9.17) is 15.2 Å². The van der Waals surface area contributed by atoms with Gasteiger partial charge < -0.3 is 20.3 Å². The quantitative estimate of drug-likeness (QED) is 0.599. The van der Waals surface area contributed by atoms with Crippen molar-refractivity contribution in [3.8, 4) is 23.0 Å². The lowest BCUT2D eigenvalue weighted by Crippen LogP contribution is -2.32. The Morgan fingerprint density at radius 1 is 0.815 bits per heavy atom. The number of ether oxygens (including phenoxy) is 2. The van der Waals surface area contributed by atoms with Gasteiger partial charge in [-0.2, -0.15) is 0 Å². The maximum atomic E-state index is 9.64. The number of hydrogen-bond donors (Lipinski definition) is 2. The molecule has 3 rings (SSSR count). The summed E-state index contributed by atoms with van der Waals surface area (Å²) in [4.78, 5) is 0. The minimum Gasteiger partial charge on any atom is -0.453 e. The average Bonchev–Trinajstić information content (AvgIpc) is 2.70. The molecule has 3 aromatic rings. The molecule has 0 radical (unpaired) electrons. The van der Waals surface area contributed by atoms with E-state index < -0.39 is 5.41 Å². The van der Waals surface area contributed by atoms with Gasteiger partial charge in [0.15, 0.2) is 11.5 Å². The first-order valence-corrected chi connectivity index (χ1v) is 8.96. The smallest absolute Gasteiger partial charge is 0.170 e. The maximum Gasteiger partial charge on any atom is 0.170 e. The van der Waals surface area contributed by atoms with Crippen LogP contribution in [-0.2, 0) is 0 Å². The molecule has 0 bridgehead atoms. The van der Waals surface area contributed by atoms with Gasteiger partial charge >= 0.3 is 0 Å². The first-order chi connectivity index (χ1) is 13.0. The lowest BCUT2D eigenvalue weighted by molar-refractivity contribution is 0.132. The van der Waals surface area contributed by atoms with E-state index in [1.807, 2.05) is 92.7 Å². The van der Waals surface area contributed by atoms with Crippen molar-refractivity contribution in [1.82, 2.24) is 0 Å². The first-order valence-electron chi connectivity index (χ1n) is 8.96. The zero-order chi connectivity index (χ0) is 19.3. The molecule has 0 aliphatic rings. The van der Waals surface area contributed by atoms with Crippen LogP contribution in [0, 0.1) is 5.41 Å². The van der Waals surface area contributed by atoms with Gasteiger partial charge in [-0.1, -0.05) is 56.3 Å². The van der Waals surface area contributed by atoms with Crippen LogP contribution < -0.4 is 15.2 Å². The third kappa shape index (κ3) is 4.67. The van der Waals surface area contributed by atoms with Gasteiger partial charge in [0.2, 0.25) is 0 Å². The van der Waals surface area contributed by atoms with Crippen molar-refractivity contribution in [3.63, 3.8) is 0 Å². The van der Waals surface area contributed by atoms with Crippen LogP contribution in [0.1, 0.15) is 25.5 Å². The normalized spacial score (nSPS) is 12.4. The summed E-state index contributed by atoms with van der Waals surface area (Å²) in [6.07, 6.45) is 0. The Morgan fingerprint density at radius 3 is 1.85 bits per heavy atom. The standard InChI is InChI=1S/C23H25NO3/c1-23(2,16-25)22(24)17-13-14-20(26-18-9-5-3-6-10-18)21(15-17)27-19-11-7-4-8-12-19/h3-15,22,25H,16,24H2,1-2H3/t22-/m0/s1. The van der Waals surface area contributed by atoms with Crippen LogP contribution >= 0.6 is 0 Å². The molecule has 3 N–H and O–H groups in total. The zero-order valence-corrected chi connectivity index (χ0v) is 15.6. The minimum atomic E-state index is -0.453. The van der Waals surface area contributed by atoms with Crippen molar-refractivity contribution in [2.45, 2.75) is 19.9 Å². The van der Waals surface area contributed by atoms with Gasteiger partial charge in [0.1, 0.15) is 11.5 Å². The number of aliphatic hydroxyl groups is 1. The fourth-order valence-corrected chi connectivity index (χ4v) is 2.66. The second-order valence-corrected chi connectivity index (χ2v) is 7.16. The summed E-state index contributed by atoms with van der Waals surface area (Å²) < 4.78 is 12.1. The summed E-state index contributed by atoms with van der Waals surface area (Å²) in [7, 11) is 0. The highest BCUT2D eigenvalue weighted by Gasteiger charge is 2.28. The number of rotatable bonds is 7. The van der Waals surface area contributed by atoms with Crippen molar-refractivity contribution >= 4 is 0 Å². The number of benzene rings is 3. The van der Waals surface area contributed by atoms with Crippen molar-refractivity contribution in [3.05, 3.63) is 84.4 Å². The van der Waals surface area contributed by atoms with E-state index in [9.17, 15) is 5.11 Å². The van der Waals surface area contributed by atoms with Crippen LogP contribution in [0.5, 0.6) is 23.0 Å². The SMILES string of the molecule is CC(C)(CO)[C@@H](N)c1ccc(Oc2ccccc2)c(Oc2ccccc2)c1. The monoisotopic (exact) mass is 363 g/mol. The topological polar surface area (TPSA) is 64.7 Å². The van der Waals surface area contributed by atoms with E-state index in [1.54, 1.807) is 0 Å². The lowest BCUT2D eigenvalue weighted by atomic mass is 9.82. The molecule has 0 fully saturated rings. The summed E-state index contributed by atoms with van der Waals surface area (Å²) in [5, 5.41) is 9.64. The van der Waals surface area contributed by atoms with E-state index in [1.165, 1.54) is 0 Å². The lowest BCUT2D eigenvalue weighted by Gasteiger charge is -2.30. The Balaban J connectivity index is 1.97. The minimum absolute atomic E-state index is 0.00862. The van der Waals surface area contributed by atoms with Gasteiger partial charge in [-0.3, -0.25) is 0 Å². The van der Waals surface area contributed by atoms with Crippen molar-refractivity contribution in [2.75, 3.05) is 6.61 Å². The van der Waals surface area contributed by atoms with Crippen LogP contribution in [0.4, 0.5) is 0 Å². The van der Waals surface area contributed by atoms with Gasteiger partial charge in [0.25, 0.3) is 0 Å². The van der Waals surface area contributed by atoms with Gasteiger partial charge in [-0.25, -0.2) is 0 Å². The van der Waals surface area contributed by atoms with Crippen LogP contribution in [0.25, 0.3) is 0 Å². The van der Waals surface area contributed by atoms with Gasteiger partial charge in [-0.05, 0) is 42.0 Å². The molecule has 0 heterocycles. The molecule has 1 atom stereocenters. The van der Waals surface area contributed by atoms with Gasteiger partial charge in [0.05, 0.1) is 0 Å². The molecule has 0 saturated carbocycles. The predicted molar refractivity (Wildman–Crippen MR) is 107 cm³/mol. The van der Waals surface area contributed by atoms with E-state index in [-0.39, 0.29) is 12.6 Å². The second kappa shape index (κ2) is 8.25. The summed E-state index contributed by atoms with van der Waals surface area (Å²) in [6.45, 7) is 3.86. The Bertz CT molecular complexity index is 863. The van der Waals surface area contributed by atoms with E-state index in [0.29, 0.717) is 17.2 Å². The number of nitrogens with two attached hydrogens (primary N) is 1. The summed E-state index contributed by atoms with van der Waals surface area (Å²) in [5.74, 6) is 2.61. The number of aliphatic hydroxyl groups excluding tert-OH is 1. The molecule has 0 aromatic heterocycles. The molecular formula is C23H25NO3. The van der Waals surface area contributed by atoms with E-state index in [0.717, 1.165) is 11.3 Å². The fraction of sp³-hybridized carbons (Fsp3) is 0.217. The third-order valence-corrected chi connectivity index (χ3v) is 4.52. The van der Waals surface area contributed by atoms with Crippen LogP contribution in [0.2, 0.25) is 0 Å². The maximum absolute atomic E-state index is 9.64. The van der Waals surface area contributed by atoms with Gasteiger partial charge in [0, 0.05) is 18.1 Å². The molecule has 3 aromatic carbocycles. The third-order valence-electron chi connectivity index (χ3n) is 4.52. The molecule has 27 heavy (non-hydrogen) atoms. The van der Waals surface area contributed by atoms with Gasteiger partial charge in [-0.15, -0.1) is 0 Å². The molecule has 0 aliphatic heterocycles. The Hall–Kier alpha value is -2.82. The Morgan fingerprint density at radius 2 is 1.33 bits per heavy atom. The molecule has 0 unspecified atom stereocenters. The highest BCUT2D eigenvalue weighted by Crippen LogP contribution is 2.39. The Labute approximate surface area is 160 Å². The molecular weight excluding hydrogens is 338 g/mol. The van der Waals surface area contributed by atoms with Crippen LogP contribution in [-0.4, -0.2) is 11.7 Å². The number of hydrogen-bond acceptors (Lipinski definition) is 4. The van der Waals surface area contributed by atoms with Crippen molar-refractivity contribution in [2.24, 2.45) is 11.1 Å². The zero-order valence-electron chi connectivity index (χ0n) is 15.6.